The van der Waals surface area contributed by atoms with Gasteiger partial charge in [0.25, 0.3) is 5.91 Å². The Bertz CT molecular complexity index is 784. The molecule has 1 N–H and O–H groups in total. The molecule has 1 aromatic carbocycles. The average Bonchev–Trinajstić information content (AvgIpc) is 2.68. The third-order valence-corrected chi connectivity index (χ3v) is 4.69. The quantitative estimate of drug-likeness (QED) is 0.907. The Balaban J connectivity index is 1.66. The summed E-state index contributed by atoms with van der Waals surface area (Å²) in [6, 6.07) is 13.7. The van der Waals surface area contributed by atoms with E-state index in [1.165, 1.54) is 0 Å². The molecule has 1 fully saturated rings. The minimum Gasteiger partial charge on any atom is -0.358 e. The fourth-order valence-corrected chi connectivity index (χ4v) is 3.12. The molecule has 2 heterocycles. The van der Waals surface area contributed by atoms with Gasteiger partial charge in [-0.05, 0) is 19.1 Å². The molecule has 1 aliphatic rings. The lowest BCUT2D eigenvalue weighted by atomic mass is 10.1. The van der Waals surface area contributed by atoms with E-state index in [0.717, 1.165) is 17.0 Å². The van der Waals surface area contributed by atoms with Gasteiger partial charge < -0.3 is 10.2 Å². The fourth-order valence-electron chi connectivity index (χ4n) is 3.12. The highest BCUT2D eigenvalue weighted by atomic mass is 16.2. The Hall–Kier alpha value is -2.73. The molecule has 3 rings (SSSR count). The van der Waals surface area contributed by atoms with Crippen LogP contribution in [0.15, 0.2) is 42.5 Å². The van der Waals surface area contributed by atoms with Crippen molar-refractivity contribution in [2.24, 2.45) is 0 Å². The van der Waals surface area contributed by atoms with Crippen molar-refractivity contribution in [2.75, 3.05) is 39.8 Å². The second-order valence-electron chi connectivity index (χ2n) is 6.44. The molecule has 6 heteroatoms. The molecule has 0 radical (unpaired) electrons. The summed E-state index contributed by atoms with van der Waals surface area (Å²) in [5, 5.41) is 2.63. The van der Waals surface area contributed by atoms with E-state index in [1.807, 2.05) is 54.3 Å². The molecule has 1 saturated heterocycles. The number of aryl methyl sites for hydroxylation is 1. The first-order valence-corrected chi connectivity index (χ1v) is 8.84. The third kappa shape index (κ3) is 4.08. The van der Waals surface area contributed by atoms with Crippen molar-refractivity contribution < 1.29 is 9.59 Å². The van der Waals surface area contributed by atoms with E-state index >= 15 is 0 Å². The first-order chi connectivity index (χ1) is 12.6. The molecular weight excluding hydrogens is 328 g/mol. The van der Waals surface area contributed by atoms with Crippen LogP contribution in [0.2, 0.25) is 0 Å². The Morgan fingerprint density at radius 1 is 1.04 bits per heavy atom. The van der Waals surface area contributed by atoms with Gasteiger partial charge >= 0.3 is 0 Å². The first-order valence-electron chi connectivity index (χ1n) is 8.84. The molecule has 0 saturated carbocycles. The number of benzene rings is 1. The van der Waals surface area contributed by atoms with Crippen LogP contribution in [0, 0.1) is 6.92 Å². The fraction of sp³-hybridized carbons (Fsp3) is 0.350. The van der Waals surface area contributed by atoms with Gasteiger partial charge in [0.15, 0.2) is 0 Å². The summed E-state index contributed by atoms with van der Waals surface area (Å²) in [5.74, 6) is 0.00975. The highest BCUT2D eigenvalue weighted by molar-refractivity contribution is 5.95. The monoisotopic (exact) mass is 352 g/mol. The van der Waals surface area contributed by atoms with Crippen LogP contribution in [-0.2, 0) is 4.79 Å². The summed E-state index contributed by atoms with van der Waals surface area (Å²) in [7, 11) is 1.64. The number of hydrogen-bond acceptors (Lipinski definition) is 4. The maximum absolute atomic E-state index is 12.8. The lowest BCUT2D eigenvalue weighted by Gasteiger charge is -2.34. The Morgan fingerprint density at radius 2 is 1.73 bits per heavy atom. The topological polar surface area (TPSA) is 65.5 Å². The minimum atomic E-state index is 0.00122. The molecule has 2 amide bonds. The predicted molar refractivity (Wildman–Crippen MR) is 101 cm³/mol. The second-order valence-corrected chi connectivity index (χ2v) is 6.44. The number of amides is 2. The number of nitrogens with zero attached hydrogens (tertiary/aromatic N) is 3. The SMILES string of the molecule is CNC(=O)CN1CCN(C(=O)c2ccc(-c3ccccc3)nc2C)CC1. The second kappa shape index (κ2) is 8.10. The van der Waals surface area contributed by atoms with Gasteiger partial charge in [-0.15, -0.1) is 0 Å². The number of nitrogens with one attached hydrogen (secondary N) is 1. The molecule has 1 aliphatic heterocycles. The summed E-state index contributed by atoms with van der Waals surface area (Å²) in [6.07, 6.45) is 0. The lowest BCUT2D eigenvalue weighted by molar-refractivity contribution is -0.122. The normalized spacial score (nSPS) is 14.9. The molecule has 0 bridgehead atoms. The summed E-state index contributed by atoms with van der Waals surface area (Å²) < 4.78 is 0. The highest BCUT2D eigenvalue weighted by Gasteiger charge is 2.24. The highest BCUT2D eigenvalue weighted by Crippen LogP contribution is 2.20. The number of likely N-dealkylation sites (N-methyl/N-ethyl adjacent to an activating group) is 1. The summed E-state index contributed by atoms with van der Waals surface area (Å²) in [4.78, 5) is 32.8. The van der Waals surface area contributed by atoms with Gasteiger partial charge in [0, 0.05) is 38.8 Å². The number of piperazine rings is 1. The zero-order valence-electron chi connectivity index (χ0n) is 15.2. The standard InChI is InChI=1S/C20H24N4O2/c1-15-17(8-9-18(22-15)16-6-4-3-5-7-16)20(26)24-12-10-23(11-13-24)14-19(25)21-2/h3-9H,10-14H2,1-2H3,(H,21,25). The number of aromatic nitrogens is 1. The summed E-state index contributed by atoms with van der Waals surface area (Å²) >= 11 is 0. The van der Waals surface area contributed by atoms with Crippen molar-refractivity contribution in [1.29, 1.82) is 0 Å². The Morgan fingerprint density at radius 3 is 2.35 bits per heavy atom. The number of rotatable bonds is 4. The number of carbonyl (C=O) groups is 2. The van der Waals surface area contributed by atoms with Crippen LogP contribution in [0.1, 0.15) is 16.1 Å². The van der Waals surface area contributed by atoms with Crippen molar-refractivity contribution in [2.45, 2.75) is 6.92 Å². The lowest BCUT2D eigenvalue weighted by Crippen LogP contribution is -2.51. The van der Waals surface area contributed by atoms with Crippen LogP contribution in [0.4, 0.5) is 0 Å². The Labute approximate surface area is 153 Å². The molecular formula is C20H24N4O2. The van der Waals surface area contributed by atoms with Crippen LogP contribution in [0.3, 0.4) is 0 Å². The summed E-state index contributed by atoms with van der Waals surface area (Å²) in [6.45, 7) is 4.90. The van der Waals surface area contributed by atoms with Gasteiger partial charge in [-0.25, -0.2) is 0 Å². The average molecular weight is 352 g/mol. The van der Waals surface area contributed by atoms with Gasteiger partial charge in [-0.3, -0.25) is 19.5 Å². The molecule has 0 unspecified atom stereocenters. The number of carbonyl (C=O) groups excluding carboxylic acids is 2. The van der Waals surface area contributed by atoms with Crippen molar-refractivity contribution in [3.05, 3.63) is 53.7 Å². The van der Waals surface area contributed by atoms with E-state index in [9.17, 15) is 9.59 Å². The van der Waals surface area contributed by atoms with Crippen LogP contribution in [0.5, 0.6) is 0 Å². The maximum atomic E-state index is 12.8. The third-order valence-electron chi connectivity index (χ3n) is 4.69. The maximum Gasteiger partial charge on any atom is 0.255 e. The zero-order valence-corrected chi connectivity index (χ0v) is 15.2. The van der Waals surface area contributed by atoms with Crippen LogP contribution < -0.4 is 5.32 Å². The molecule has 26 heavy (non-hydrogen) atoms. The Kier molecular flexibility index (Phi) is 5.63. The van der Waals surface area contributed by atoms with E-state index in [-0.39, 0.29) is 11.8 Å². The van der Waals surface area contributed by atoms with Crippen molar-refractivity contribution >= 4 is 11.8 Å². The van der Waals surface area contributed by atoms with E-state index in [2.05, 4.69) is 15.2 Å². The summed E-state index contributed by atoms with van der Waals surface area (Å²) in [5.41, 5.74) is 3.29. The van der Waals surface area contributed by atoms with Gasteiger partial charge in [0.2, 0.25) is 5.91 Å². The van der Waals surface area contributed by atoms with Crippen LogP contribution >= 0.6 is 0 Å². The van der Waals surface area contributed by atoms with Gasteiger partial charge in [0.1, 0.15) is 0 Å². The van der Waals surface area contributed by atoms with Crippen molar-refractivity contribution in [3.8, 4) is 11.3 Å². The van der Waals surface area contributed by atoms with Gasteiger partial charge in [-0.1, -0.05) is 30.3 Å². The molecule has 0 aliphatic carbocycles. The van der Waals surface area contributed by atoms with Crippen molar-refractivity contribution in [1.82, 2.24) is 20.1 Å². The van der Waals surface area contributed by atoms with E-state index < -0.39 is 0 Å². The molecule has 136 valence electrons. The zero-order chi connectivity index (χ0) is 18.5. The molecule has 0 spiro atoms. The van der Waals surface area contributed by atoms with Gasteiger partial charge in [0.05, 0.1) is 23.5 Å². The van der Waals surface area contributed by atoms with E-state index in [0.29, 0.717) is 38.3 Å². The van der Waals surface area contributed by atoms with Gasteiger partial charge in [-0.2, -0.15) is 0 Å². The number of pyridine rings is 1. The molecule has 1 aromatic heterocycles. The molecule has 0 atom stereocenters. The first kappa shape index (κ1) is 18.1. The molecule has 2 aromatic rings. The number of hydrogen-bond donors (Lipinski definition) is 1. The minimum absolute atomic E-state index is 0.00122. The van der Waals surface area contributed by atoms with Crippen molar-refractivity contribution in [3.63, 3.8) is 0 Å². The van der Waals surface area contributed by atoms with Crippen LogP contribution in [0.25, 0.3) is 11.3 Å². The van der Waals surface area contributed by atoms with Crippen LogP contribution in [-0.4, -0.2) is 66.4 Å². The van der Waals surface area contributed by atoms with E-state index in [1.54, 1.807) is 7.05 Å². The van der Waals surface area contributed by atoms with E-state index in [4.69, 9.17) is 0 Å². The molecule has 6 nitrogen and oxygen atoms in total. The smallest absolute Gasteiger partial charge is 0.255 e. The largest absolute Gasteiger partial charge is 0.358 e. The predicted octanol–water partition coefficient (Wildman–Crippen LogP) is 1.56.